The molecule has 2 aromatic rings. The molecule has 1 amide bonds. The summed E-state index contributed by atoms with van der Waals surface area (Å²) in [7, 11) is 0. The van der Waals surface area contributed by atoms with Crippen molar-refractivity contribution >= 4 is 17.7 Å². The summed E-state index contributed by atoms with van der Waals surface area (Å²) in [6.07, 6.45) is 1.23. The molecule has 0 spiro atoms. The number of benzene rings is 2. The van der Waals surface area contributed by atoms with Gasteiger partial charge in [0.25, 0.3) is 0 Å². The lowest BCUT2D eigenvalue weighted by molar-refractivity contribution is -0.143. The quantitative estimate of drug-likeness (QED) is 0.695. The number of carbonyl (C=O) groups excluding carboxylic acids is 2. The Kier molecular flexibility index (Phi) is 6.87. The molecule has 0 saturated heterocycles. The Bertz CT molecular complexity index is 922. The number of hydrogen-bond acceptors (Lipinski definition) is 4. The van der Waals surface area contributed by atoms with Crippen LogP contribution in [0.3, 0.4) is 0 Å². The first-order valence-electron chi connectivity index (χ1n) is 10.2. The van der Waals surface area contributed by atoms with Crippen LogP contribution in [0.25, 0.3) is 0 Å². The molecule has 0 radical (unpaired) electrons. The van der Waals surface area contributed by atoms with Crippen molar-refractivity contribution in [3.05, 3.63) is 65.2 Å². The van der Waals surface area contributed by atoms with Crippen LogP contribution in [0.4, 0.5) is 0 Å². The highest BCUT2D eigenvalue weighted by molar-refractivity contribution is 6.02. The first kappa shape index (κ1) is 21.6. The van der Waals surface area contributed by atoms with E-state index in [0.29, 0.717) is 30.8 Å². The molecule has 0 bridgehead atoms. The van der Waals surface area contributed by atoms with E-state index in [4.69, 9.17) is 4.74 Å². The molecule has 6 heteroatoms. The molecule has 0 heterocycles. The molecule has 1 aliphatic rings. The summed E-state index contributed by atoms with van der Waals surface area (Å²) in [6.45, 7) is 3.92. The average molecular weight is 409 g/mol. The number of rotatable bonds is 8. The summed E-state index contributed by atoms with van der Waals surface area (Å²) in [4.78, 5) is 36.5. The van der Waals surface area contributed by atoms with Crippen molar-refractivity contribution in [1.82, 2.24) is 5.32 Å². The smallest absolute Gasteiger partial charge is 0.326 e. The second kappa shape index (κ2) is 9.57. The van der Waals surface area contributed by atoms with Crippen molar-refractivity contribution in [1.29, 1.82) is 0 Å². The zero-order valence-electron chi connectivity index (χ0n) is 17.3. The average Bonchev–Trinajstić information content (AvgIpc) is 2.73. The monoisotopic (exact) mass is 409 g/mol. The van der Waals surface area contributed by atoms with E-state index in [2.05, 4.69) is 5.32 Å². The highest BCUT2D eigenvalue weighted by Gasteiger charge is 2.31. The minimum Gasteiger partial charge on any atom is -0.489 e. The maximum absolute atomic E-state index is 12.9. The third kappa shape index (κ3) is 5.26. The van der Waals surface area contributed by atoms with Crippen LogP contribution in [0.15, 0.2) is 48.5 Å². The third-order valence-corrected chi connectivity index (χ3v) is 5.40. The van der Waals surface area contributed by atoms with Crippen LogP contribution in [0.2, 0.25) is 0 Å². The van der Waals surface area contributed by atoms with Crippen LogP contribution in [0.1, 0.15) is 48.2 Å². The van der Waals surface area contributed by atoms with Gasteiger partial charge < -0.3 is 15.2 Å². The lowest BCUT2D eigenvalue weighted by atomic mass is 9.81. The van der Waals surface area contributed by atoms with Crippen molar-refractivity contribution < 1.29 is 24.2 Å². The molecule has 0 aromatic heterocycles. The number of nitrogens with one attached hydrogen (secondary N) is 1. The van der Waals surface area contributed by atoms with Gasteiger partial charge in [-0.2, -0.15) is 0 Å². The van der Waals surface area contributed by atoms with Gasteiger partial charge in [0.15, 0.2) is 5.78 Å². The molecule has 158 valence electrons. The number of Topliss-reactive ketones (excluding diaryl/α,β-unsaturated/α-hetero) is 1. The summed E-state index contributed by atoms with van der Waals surface area (Å²) >= 11 is 0. The maximum Gasteiger partial charge on any atom is 0.326 e. The largest absolute Gasteiger partial charge is 0.489 e. The molecule has 6 nitrogen and oxygen atoms in total. The lowest BCUT2D eigenvalue weighted by Crippen LogP contribution is -2.45. The maximum atomic E-state index is 12.9. The van der Waals surface area contributed by atoms with Crippen LogP contribution in [-0.2, 0) is 22.6 Å². The van der Waals surface area contributed by atoms with Gasteiger partial charge in [-0.15, -0.1) is 0 Å². The summed E-state index contributed by atoms with van der Waals surface area (Å²) in [5.74, 6) is -1.50. The Morgan fingerprint density at radius 2 is 1.90 bits per heavy atom. The molecule has 0 aliphatic heterocycles. The van der Waals surface area contributed by atoms with Gasteiger partial charge in [-0.1, -0.05) is 44.2 Å². The van der Waals surface area contributed by atoms with Gasteiger partial charge in [0.05, 0.1) is 0 Å². The Labute approximate surface area is 176 Å². The van der Waals surface area contributed by atoms with Gasteiger partial charge in [0.1, 0.15) is 18.4 Å². The number of ether oxygens (including phenoxy) is 1. The molecule has 1 unspecified atom stereocenters. The van der Waals surface area contributed by atoms with Gasteiger partial charge in [-0.3, -0.25) is 9.59 Å². The van der Waals surface area contributed by atoms with Crippen LogP contribution < -0.4 is 10.1 Å². The van der Waals surface area contributed by atoms with Gasteiger partial charge in [0, 0.05) is 17.9 Å². The molecule has 3 rings (SSSR count). The molecular formula is C24H27NO5. The summed E-state index contributed by atoms with van der Waals surface area (Å²) in [5, 5.41) is 11.8. The molecule has 0 fully saturated rings. The summed E-state index contributed by atoms with van der Waals surface area (Å²) < 4.78 is 5.84. The van der Waals surface area contributed by atoms with Crippen molar-refractivity contribution in [3.8, 4) is 5.75 Å². The van der Waals surface area contributed by atoms with Crippen LogP contribution in [0.5, 0.6) is 5.75 Å². The zero-order chi connectivity index (χ0) is 21.7. The minimum absolute atomic E-state index is 0.00102. The fourth-order valence-corrected chi connectivity index (χ4v) is 3.69. The van der Waals surface area contributed by atoms with Gasteiger partial charge in [-0.25, -0.2) is 4.79 Å². The second-order valence-electron chi connectivity index (χ2n) is 8.02. The third-order valence-electron chi connectivity index (χ3n) is 5.40. The van der Waals surface area contributed by atoms with E-state index in [9.17, 15) is 19.5 Å². The SMILES string of the molecule is CC(C)[C@H](NC(=O)CC1CCc2cc(OCc3ccccc3)ccc2C1=O)C(=O)O. The molecule has 2 N–H and O–H groups in total. The highest BCUT2D eigenvalue weighted by atomic mass is 16.5. The van der Waals surface area contributed by atoms with Crippen molar-refractivity contribution in [2.75, 3.05) is 0 Å². The number of aliphatic carboxylic acids is 1. The number of hydrogen-bond donors (Lipinski definition) is 2. The van der Waals surface area contributed by atoms with Gasteiger partial charge in [-0.05, 0) is 48.1 Å². The Morgan fingerprint density at radius 3 is 2.57 bits per heavy atom. The molecule has 0 saturated carbocycles. The van der Waals surface area contributed by atoms with E-state index in [1.807, 2.05) is 36.4 Å². The number of carboxylic acid groups (broad SMARTS) is 1. The minimum atomic E-state index is -1.07. The predicted octanol–water partition coefficient (Wildman–Crippen LogP) is 3.63. The fraction of sp³-hybridized carbons (Fsp3) is 0.375. The predicted molar refractivity (Wildman–Crippen MR) is 112 cm³/mol. The van der Waals surface area contributed by atoms with Crippen molar-refractivity contribution in [3.63, 3.8) is 0 Å². The van der Waals surface area contributed by atoms with E-state index in [-0.39, 0.29) is 18.1 Å². The summed E-state index contributed by atoms with van der Waals surface area (Å²) in [6, 6.07) is 14.3. The van der Waals surface area contributed by atoms with E-state index in [1.165, 1.54) is 0 Å². The molecule has 2 aromatic carbocycles. The Hall–Kier alpha value is -3.15. The Balaban J connectivity index is 1.61. The fourth-order valence-electron chi connectivity index (χ4n) is 3.69. The number of carbonyl (C=O) groups is 3. The molecular weight excluding hydrogens is 382 g/mol. The van der Waals surface area contributed by atoms with Crippen LogP contribution in [0, 0.1) is 11.8 Å². The van der Waals surface area contributed by atoms with Gasteiger partial charge in [0.2, 0.25) is 5.91 Å². The number of amides is 1. The molecule has 30 heavy (non-hydrogen) atoms. The standard InChI is InChI=1S/C24H27NO5/c1-15(2)22(24(28)29)25-21(26)13-18-9-8-17-12-19(10-11-20(17)23(18)27)30-14-16-6-4-3-5-7-16/h3-7,10-12,15,18,22H,8-9,13-14H2,1-2H3,(H,25,26)(H,28,29)/t18?,22-/m0/s1. The van der Waals surface area contributed by atoms with Gasteiger partial charge >= 0.3 is 5.97 Å². The lowest BCUT2D eigenvalue weighted by Gasteiger charge is -2.25. The first-order valence-corrected chi connectivity index (χ1v) is 10.2. The molecule has 1 aliphatic carbocycles. The zero-order valence-corrected chi connectivity index (χ0v) is 17.3. The topological polar surface area (TPSA) is 92.7 Å². The second-order valence-corrected chi connectivity index (χ2v) is 8.02. The number of ketones is 1. The van der Waals surface area contributed by atoms with Crippen molar-refractivity contribution in [2.24, 2.45) is 11.8 Å². The van der Waals surface area contributed by atoms with Crippen molar-refractivity contribution in [2.45, 2.75) is 45.8 Å². The highest BCUT2D eigenvalue weighted by Crippen LogP contribution is 2.30. The number of fused-ring (bicyclic) bond motifs is 1. The van der Waals surface area contributed by atoms with Crippen LogP contribution >= 0.6 is 0 Å². The van der Waals surface area contributed by atoms with E-state index in [1.54, 1.807) is 26.0 Å². The normalized spacial score (nSPS) is 16.6. The first-order chi connectivity index (χ1) is 14.3. The van der Waals surface area contributed by atoms with E-state index in [0.717, 1.165) is 11.1 Å². The number of aryl methyl sites for hydroxylation is 1. The van der Waals surface area contributed by atoms with Crippen LogP contribution in [-0.4, -0.2) is 28.8 Å². The Morgan fingerprint density at radius 1 is 1.17 bits per heavy atom. The van der Waals surface area contributed by atoms with E-state index >= 15 is 0 Å². The van der Waals surface area contributed by atoms with E-state index < -0.39 is 23.8 Å². The molecule has 2 atom stereocenters. The number of carboxylic acids is 1. The summed E-state index contributed by atoms with van der Waals surface area (Å²) in [5.41, 5.74) is 2.61.